The van der Waals surface area contributed by atoms with E-state index in [2.05, 4.69) is 4.98 Å². The topological polar surface area (TPSA) is 77.9 Å². The second-order valence-corrected chi connectivity index (χ2v) is 4.77. The zero-order chi connectivity index (χ0) is 14.7. The molecular weight excluding hydrogens is 282 g/mol. The monoisotopic (exact) mass is 295 g/mol. The second-order valence-electron chi connectivity index (χ2n) is 3.74. The van der Waals surface area contributed by atoms with Gasteiger partial charge in [-0.25, -0.2) is 9.78 Å². The Morgan fingerprint density at radius 1 is 1.15 bits per heavy atom. The summed E-state index contributed by atoms with van der Waals surface area (Å²) in [5, 5.41) is 9.48. The van der Waals surface area contributed by atoms with E-state index in [1.807, 2.05) is 0 Å². The van der Waals surface area contributed by atoms with E-state index in [-0.39, 0.29) is 4.88 Å². The zero-order valence-electron chi connectivity index (χ0n) is 11.2. The number of thiazole rings is 1. The highest BCUT2D eigenvalue weighted by Crippen LogP contribution is 2.43. The van der Waals surface area contributed by atoms with Gasteiger partial charge in [-0.2, -0.15) is 0 Å². The van der Waals surface area contributed by atoms with Crippen LogP contribution in [-0.4, -0.2) is 37.4 Å². The van der Waals surface area contributed by atoms with Crippen molar-refractivity contribution in [3.63, 3.8) is 0 Å². The largest absolute Gasteiger partial charge is 0.496 e. The molecule has 0 aliphatic heterocycles. The molecule has 1 heterocycles. The Labute approximate surface area is 119 Å². The minimum absolute atomic E-state index is 0.153. The molecule has 0 spiro atoms. The number of carboxylic acids is 1. The Bertz CT molecular complexity index is 612. The SMILES string of the molecule is COc1cc(OC)c(-c2ncc(C(=O)O)s2)c(OC)c1. The molecule has 20 heavy (non-hydrogen) atoms. The summed E-state index contributed by atoms with van der Waals surface area (Å²) in [5.74, 6) is 0.581. The molecule has 6 nitrogen and oxygen atoms in total. The summed E-state index contributed by atoms with van der Waals surface area (Å²) in [5.41, 5.74) is 0.605. The lowest BCUT2D eigenvalue weighted by molar-refractivity contribution is 0.0702. The number of aromatic carboxylic acids is 1. The van der Waals surface area contributed by atoms with E-state index in [9.17, 15) is 4.79 Å². The van der Waals surface area contributed by atoms with Gasteiger partial charge >= 0.3 is 5.97 Å². The molecular formula is C13H13NO5S. The zero-order valence-corrected chi connectivity index (χ0v) is 12.0. The molecule has 0 saturated carbocycles. The van der Waals surface area contributed by atoms with Crippen LogP contribution in [0.15, 0.2) is 18.3 Å². The van der Waals surface area contributed by atoms with Crippen LogP contribution in [0.3, 0.4) is 0 Å². The van der Waals surface area contributed by atoms with Crippen molar-refractivity contribution in [1.29, 1.82) is 0 Å². The van der Waals surface area contributed by atoms with Crippen LogP contribution in [0, 0.1) is 0 Å². The number of carbonyl (C=O) groups is 1. The van der Waals surface area contributed by atoms with Crippen molar-refractivity contribution in [2.45, 2.75) is 0 Å². The molecule has 2 rings (SSSR count). The minimum atomic E-state index is -1.01. The fraction of sp³-hybridized carbons (Fsp3) is 0.231. The van der Waals surface area contributed by atoms with Crippen LogP contribution in [-0.2, 0) is 0 Å². The average Bonchev–Trinajstić information content (AvgIpc) is 2.95. The van der Waals surface area contributed by atoms with Crippen LogP contribution >= 0.6 is 11.3 Å². The van der Waals surface area contributed by atoms with Crippen molar-refractivity contribution >= 4 is 17.3 Å². The molecule has 7 heteroatoms. The van der Waals surface area contributed by atoms with Crippen LogP contribution in [0.4, 0.5) is 0 Å². The lowest BCUT2D eigenvalue weighted by Crippen LogP contribution is -1.95. The van der Waals surface area contributed by atoms with Crippen LogP contribution in [0.2, 0.25) is 0 Å². The number of methoxy groups -OCH3 is 3. The third-order valence-corrected chi connectivity index (χ3v) is 3.65. The van der Waals surface area contributed by atoms with Gasteiger partial charge in [0.25, 0.3) is 0 Å². The number of ether oxygens (including phenoxy) is 3. The highest BCUT2D eigenvalue weighted by atomic mass is 32.1. The van der Waals surface area contributed by atoms with E-state index in [1.165, 1.54) is 20.4 Å². The van der Waals surface area contributed by atoms with E-state index in [0.29, 0.717) is 27.8 Å². The fourth-order valence-corrected chi connectivity index (χ4v) is 2.51. The van der Waals surface area contributed by atoms with Crippen molar-refractivity contribution in [2.24, 2.45) is 0 Å². The van der Waals surface area contributed by atoms with Crippen molar-refractivity contribution < 1.29 is 24.1 Å². The van der Waals surface area contributed by atoms with Crippen molar-refractivity contribution in [3.8, 4) is 27.8 Å². The van der Waals surface area contributed by atoms with Gasteiger partial charge in [-0.05, 0) is 0 Å². The maximum atomic E-state index is 10.9. The Morgan fingerprint density at radius 3 is 2.15 bits per heavy atom. The normalized spacial score (nSPS) is 10.2. The molecule has 0 amide bonds. The fourth-order valence-electron chi connectivity index (χ4n) is 1.71. The summed E-state index contributed by atoms with van der Waals surface area (Å²) < 4.78 is 15.8. The van der Waals surface area contributed by atoms with Gasteiger partial charge in [0, 0.05) is 12.1 Å². The van der Waals surface area contributed by atoms with Crippen LogP contribution < -0.4 is 14.2 Å². The van der Waals surface area contributed by atoms with Gasteiger partial charge in [-0.15, -0.1) is 11.3 Å². The third kappa shape index (κ3) is 2.53. The van der Waals surface area contributed by atoms with Crippen molar-refractivity contribution in [3.05, 3.63) is 23.2 Å². The van der Waals surface area contributed by atoms with Gasteiger partial charge in [0.05, 0.1) is 33.1 Å². The summed E-state index contributed by atoms with van der Waals surface area (Å²) in [6.07, 6.45) is 1.31. The molecule has 0 aliphatic carbocycles. The quantitative estimate of drug-likeness (QED) is 0.913. The van der Waals surface area contributed by atoms with Crippen molar-refractivity contribution in [2.75, 3.05) is 21.3 Å². The molecule has 1 aromatic carbocycles. The second kappa shape index (κ2) is 5.79. The number of benzene rings is 1. The number of carboxylic acid groups (broad SMARTS) is 1. The van der Waals surface area contributed by atoms with Gasteiger partial charge in [0.1, 0.15) is 27.1 Å². The first-order chi connectivity index (χ1) is 9.60. The predicted molar refractivity (Wildman–Crippen MR) is 74.2 cm³/mol. The van der Waals surface area contributed by atoms with Gasteiger partial charge in [0.2, 0.25) is 0 Å². The van der Waals surface area contributed by atoms with E-state index in [1.54, 1.807) is 19.2 Å². The number of hydrogen-bond acceptors (Lipinski definition) is 6. The molecule has 0 bridgehead atoms. The van der Waals surface area contributed by atoms with Crippen LogP contribution in [0.5, 0.6) is 17.2 Å². The lowest BCUT2D eigenvalue weighted by Gasteiger charge is -2.13. The first-order valence-corrected chi connectivity index (χ1v) is 6.41. The van der Waals surface area contributed by atoms with Gasteiger partial charge < -0.3 is 19.3 Å². The summed E-state index contributed by atoms with van der Waals surface area (Å²) >= 11 is 1.06. The molecule has 2 aromatic rings. The number of hydrogen-bond donors (Lipinski definition) is 1. The molecule has 1 N–H and O–H groups in total. The Morgan fingerprint density at radius 2 is 1.75 bits per heavy atom. The smallest absolute Gasteiger partial charge is 0.347 e. The van der Waals surface area contributed by atoms with Gasteiger partial charge in [-0.3, -0.25) is 0 Å². The Kier molecular flexibility index (Phi) is 4.09. The summed E-state index contributed by atoms with van der Waals surface area (Å²) in [6, 6.07) is 3.39. The highest BCUT2D eigenvalue weighted by Gasteiger charge is 2.19. The van der Waals surface area contributed by atoms with Crippen molar-refractivity contribution in [1.82, 2.24) is 4.98 Å². The molecule has 106 valence electrons. The van der Waals surface area contributed by atoms with E-state index in [0.717, 1.165) is 11.3 Å². The maximum absolute atomic E-state index is 10.9. The Hall–Kier alpha value is -2.28. The number of nitrogens with zero attached hydrogens (tertiary/aromatic N) is 1. The lowest BCUT2D eigenvalue weighted by atomic mass is 10.1. The maximum Gasteiger partial charge on any atom is 0.347 e. The first-order valence-electron chi connectivity index (χ1n) is 5.60. The molecule has 0 atom stereocenters. The third-order valence-electron chi connectivity index (χ3n) is 2.65. The van der Waals surface area contributed by atoms with Gasteiger partial charge in [-0.1, -0.05) is 0 Å². The summed E-state index contributed by atoms with van der Waals surface area (Å²) in [7, 11) is 4.58. The number of aromatic nitrogens is 1. The molecule has 0 radical (unpaired) electrons. The summed E-state index contributed by atoms with van der Waals surface area (Å²) in [6.45, 7) is 0. The molecule has 0 aliphatic rings. The Balaban J connectivity index is 2.61. The summed E-state index contributed by atoms with van der Waals surface area (Å²) in [4.78, 5) is 15.2. The molecule has 0 unspecified atom stereocenters. The van der Waals surface area contributed by atoms with Crippen LogP contribution in [0.25, 0.3) is 10.6 Å². The molecule has 0 fully saturated rings. The van der Waals surface area contributed by atoms with Gasteiger partial charge in [0.15, 0.2) is 0 Å². The number of rotatable bonds is 5. The van der Waals surface area contributed by atoms with Crippen LogP contribution in [0.1, 0.15) is 9.67 Å². The molecule has 1 aromatic heterocycles. The van der Waals surface area contributed by atoms with E-state index in [4.69, 9.17) is 19.3 Å². The van der Waals surface area contributed by atoms with E-state index < -0.39 is 5.97 Å². The average molecular weight is 295 g/mol. The highest BCUT2D eigenvalue weighted by molar-refractivity contribution is 7.16. The molecule has 0 saturated heterocycles. The van der Waals surface area contributed by atoms with E-state index >= 15 is 0 Å². The standard InChI is InChI=1S/C13H13NO5S/c1-17-7-4-8(18-2)11(9(5-7)19-3)12-14-6-10(20-12)13(15)16/h4-6H,1-3H3,(H,15,16). The minimum Gasteiger partial charge on any atom is -0.496 e. The predicted octanol–water partition coefficient (Wildman–Crippen LogP) is 2.53. The first kappa shape index (κ1) is 14.1.